The first-order chi connectivity index (χ1) is 10.2. The van der Waals surface area contributed by atoms with Gasteiger partial charge in [-0.2, -0.15) is 0 Å². The number of pyridine rings is 1. The van der Waals surface area contributed by atoms with E-state index in [1.165, 1.54) is 24.5 Å². The molecule has 0 atom stereocenters. The van der Waals surface area contributed by atoms with Gasteiger partial charge in [0.15, 0.2) is 0 Å². The molecule has 0 saturated heterocycles. The van der Waals surface area contributed by atoms with Crippen molar-refractivity contribution in [2.45, 2.75) is 6.54 Å². The molecule has 2 aromatic heterocycles. The predicted molar refractivity (Wildman–Crippen MR) is 80.9 cm³/mol. The van der Waals surface area contributed by atoms with Gasteiger partial charge in [0.05, 0.1) is 7.11 Å². The van der Waals surface area contributed by atoms with Crippen LogP contribution in [0, 0.1) is 0 Å². The van der Waals surface area contributed by atoms with E-state index in [2.05, 4.69) is 16.9 Å². The van der Waals surface area contributed by atoms with Gasteiger partial charge in [0.1, 0.15) is 4.88 Å². The molecule has 0 aliphatic carbocycles. The van der Waals surface area contributed by atoms with E-state index in [1.807, 2.05) is 18.2 Å². The fraction of sp³-hybridized carbons (Fsp3) is 0.133. The highest BCUT2D eigenvalue weighted by Gasteiger charge is 2.17. The van der Waals surface area contributed by atoms with Gasteiger partial charge in [0.2, 0.25) is 5.91 Å². The van der Waals surface area contributed by atoms with E-state index in [4.69, 9.17) is 4.74 Å². The van der Waals surface area contributed by atoms with E-state index >= 15 is 0 Å². The summed E-state index contributed by atoms with van der Waals surface area (Å²) < 4.78 is 4.79. The van der Waals surface area contributed by atoms with Gasteiger partial charge in [-0.05, 0) is 35.4 Å². The number of hydrogen-bond acceptors (Lipinski definition) is 5. The minimum Gasteiger partial charge on any atom is -0.465 e. The molecule has 0 radical (unpaired) electrons. The van der Waals surface area contributed by atoms with E-state index in [1.54, 1.807) is 12.4 Å². The predicted octanol–water partition coefficient (Wildman–Crippen LogP) is 2.40. The third-order valence-electron chi connectivity index (χ3n) is 2.78. The first-order valence-electron chi connectivity index (χ1n) is 6.17. The number of carbonyl (C=O) groups is 2. The number of esters is 1. The molecule has 108 valence electrons. The fourth-order valence-electron chi connectivity index (χ4n) is 1.74. The molecule has 2 heterocycles. The van der Waals surface area contributed by atoms with Crippen LogP contribution in [0.2, 0.25) is 0 Å². The van der Waals surface area contributed by atoms with Crippen LogP contribution in [-0.2, 0) is 16.1 Å². The average molecular weight is 302 g/mol. The Labute approximate surface area is 126 Å². The van der Waals surface area contributed by atoms with Gasteiger partial charge in [-0.1, -0.05) is 6.58 Å². The minimum atomic E-state index is -0.414. The van der Waals surface area contributed by atoms with Crippen molar-refractivity contribution in [2.24, 2.45) is 0 Å². The molecule has 0 saturated carbocycles. The van der Waals surface area contributed by atoms with Crippen LogP contribution in [0.5, 0.6) is 0 Å². The molecular weight excluding hydrogens is 288 g/mol. The van der Waals surface area contributed by atoms with Gasteiger partial charge in [-0.3, -0.25) is 9.78 Å². The standard InChI is InChI=1S/C15H14N2O3S/c1-3-13(18)17-9-11-8-12(10-4-6-16-7-5-10)21-14(11)15(19)20-2/h3-8H,1,9H2,2H3,(H,17,18). The summed E-state index contributed by atoms with van der Waals surface area (Å²) in [5.74, 6) is -0.703. The van der Waals surface area contributed by atoms with Crippen molar-refractivity contribution in [3.05, 3.63) is 53.7 Å². The molecule has 1 amide bonds. The summed E-state index contributed by atoms with van der Waals surface area (Å²) in [6.45, 7) is 3.64. The first kappa shape index (κ1) is 14.9. The second kappa shape index (κ2) is 6.81. The fourth-order valence-corrected chi connectivity index (χ4v) is 2.84. The molecule has 2 aromatic rings. The van der Waals surface area contributed by atoms with Crippen LogP contribution >= 0.6 is 11.3 Å². The normalized spacial score (nSPS) is 9.95. The number of carbonyl (C=O) groups excluding carboxylic acids is 2. The van der Waals surface area contributed by atoms with E-state index in [-0.39, 0.29) is 12.5 Å². The van der Waals surface area contributed by atoms with E-state index in [9.17, 15) is 9.59 Å². The quantitative estimate of drug-likeness (QED) is 0.680. The highest BCUT2D eigenvalue weighted by Crippen LogP contribution is 2.31. The molecular formula is C15H14N2O3S. The second-order valence-corrected chi connectivity index (χ2v) is 5.17. The Bertz CT molecular complexity index is 665. The van der Waals surface area contributed by atoms with Crippen molar-refractivity contribution < 1.29 is 14.3 Å². The number of nitrogens with one attached hydrogen (secondary N) is 1. The number of rotatable bonds is 5. The zero-order valence-electron chi connectivity index (χ0n) is 11.5. The zero-order valence-corrected chi connectivity index (χ0v) is 12.3. The SMILES string of the molecule is C=CC(=O)NCc1cc(-c2ccncc2)sc1C(=O)OC. The molecule has 2 rings (SSSR count). The molecule has 0 aliphatic heterocycles. The Hall–Kier alpha value is -2.47. The van der Waals surface area contributed by atoms with E-state index in [0.717, 1.165) is 10.4 Å². The van der Waals surface area contributed by atoms with Crippen LogP contribution in [0.4, 0.5) is 0 Å². The van der Waals surface area contributed by atoms with Gasteiger partial charge >= 0.3 is 5.97 Å². The molecule has 21 heavy (non-hydrogen) atoms. The monoisotopic (exact) mass is 302 g/mol. The third-order valence-corrected chi connectivity index (χ3v) is 3.99. The van der Waals surface area contributed by atoms with Crippen LogP contribution in [0.1, 0.15) is 15.2 Å². The lowest BCUT2D eigenvalue weighted by molar-refractivity contribution is -0.116. The molecule has 0 unspecified atom stereocenters. The van der Waals surface area contributed by atoms with Gasteiger partial charge in [-0.15, -0.1) is 11.3 Å². The zero-order chi connectivity index (χ0) is 15.2. The minimum absolute atomic E-state index is 0.247. The first-order valence-corrected chi connectivity index (χ1v) is 6.99. The maximum absolute atomic E-state index is 11.8. The molecule has 6 heteroatoms. The van der Waals surface area contributed by atoms with Crippen molar-refractivity contribution in [3.8, 4) is 10.4 Å². The summed E-state index contributed by atoms with van der Waals surface area (Å²) in [6.07, 6.45) is 4.56. The highest BCUT2D eigenvalue weighted by atomic mass is 32.1. The molecule has 1 N–H and O–H groups in total. The number of thiophene rings is 1. The van der Waals surface area contributed by atoms with Crippen molar-refractivity contribution in [1.82, 2.24) is 10.3 Å². The van der Waals surface area contributed by atoms with Crippen LogP contribution in [0.15, 0.2) is 43.2 Å². The number of methoxy groups -OCH3 is 1. The summed E-state index contributed by atoms with van der Waals surface area (Å²) in [5, 5.41) is 2.66. The number of aromatic nitrogens is 1. The van der Waals surface area contributed by atoms with Gasteiger partial charge in [0, 0.05) is 23.8 Å². The lowest BCUT2D eigenvalue weighted by atomic mass is 10.2. The third kappa shape index (κ3) is 3.55. The van der Waals surface area contributed by atoms with Crippen molar-refractivity contribution in [3.63, 3.8) is 0 Å². The van der Waals surface area contributed by atoms with E-state index < -0.39 is 5.97 Å². The summed E-state index contributed by atoms with van der Waals surface area (Å²) in [7, 11) is 1.33. The van der Waals surface area contributed by atoms with Gasteiger partial charge < -0.3 is 10.1 Å². The lowest BCUT2D eigenvalue weighted by Crippen LogP contribution is -2.20. The second-order valence-electron chi connectivity index (χ2n) is 4.11. The van der Waals surface area contributed by atoms with E-state index in [0.29, 0.717) is 10.4 Å². The molecule has 5 nitrogen and oxygen atoms in total. The smallest absolute Gasteiger partial charge is 0.348 e. The largest absolute Gasteiger partial charge is 0.465 e. The average Bonchev–Trinajstić information content (AvgIpc) is 2.96. The Morgan fingerprint density at radius 3 is 2.76 bits per heavy atom. The highest BCUT2D eigenvalue weighted by molar-refractivity contribution is 7.17. The van der Waals surface area contributed by atoms with Crippen molar-refractivity contribution in [1.29, 1.82) is 0 Å². The maximum Gasteiger partial charge on any atom is 0.348 e. The number of hydrogen-bond donors (Lipinski definition) is 1. The molecule has 0 fully saturated rings. The van der Waals surface area contributed by atoms with Gasteiger partial charge in [0.25, 0.3) is 0 Å². The van der Waals surface area contributed by atoms with Crippen molar-refractivity contribution >= 4 is 23.2 Å². The Morgan fingerprint density at radius 1 is 1.43 bits per heavy atom. The molecule has 0 aromatic carbocycles. The Morgan fingerprint density at radius 2 is 2.14 bits per heavy atom. The Balaban J connectivity index is 2.33. The van der Waals surface area contributed by atoms with Crippen LogP contribution in [-0.4, -0.2) is 24.0 Å². The number of nitrogens with zero attached hydrogens (tertiary/aromatic N) is 1. The van der Waals surface area contributed by atoms with Crippen molar-refractivity contribution in [2.75, 3.05) is 7.11 Å². The van der Waals surface area contributed by atoms with Crippen LogP contribution in [0.3, 0.4) is 0 Å². The summed E-state index contributed by atoms with van der Waals surface area (Å²) >= 11 is 1.33. The number of ether oxygens (including phenoxy) is 1. The summed E-state index contributed by atoms with van der Waals surface area (Å²) in [6, 6.07) is 5.59. The number of amides is 1. The van der Waals surface area contributed by atoms with Crippen LogP contribution < -0.4 is 5.32 Å². The molecule has 0 bridgehead atoms. The topological polar surface area (TPSA) is 68.3 Å². The molecule has 0 spiro atoms. The Kier molecular flexibility index (Phi) is 4.84. The summed E-state index contributed by atoms with van der Waals surface area (Å²) in [4.78, 5) is 28.5. The molecule has 0 aliphatic rings. The summed E-state index contributed by atoms with van der Waals surface area (Å²) in [5.41, 5.74) is 1.68. The van der Waals surface area contributed by atoms with Gasteiger partial charge in [-0.25, -0.2) is 4.79 Å². The van der Waals surface area contributed by atoms with Crippen LogP contribution in [0.25, 0.3) is 10.4 Å². The maximum atomic E-state index is 11.8. The lowest BCUT2D eigenvalue weighted by Gasteiger charge is -2.02.